The molecule has 1 amide bonds. The molecule has 0 aliphatic rings. The Kier molecular flexibility index (Phi) is 13.1. The summed E-state index contributed by atoms with van der Waals surface area (Å²) in [5.74, 6) is 1.69. The normalized spacial score (nSPS) is 12.5. The third-order valence-electron chi connectivity index (χ3n) is 3.10. The number of halogens is 1. The van der Waals surface area contributed by atoms with Crippen LogP contribution in [0, 0.1) is 0 Å². The average Bonchev–Trinajstić information content (AvgIpc) is 2.56. The van der Waals surface area contributed by atoms with E-state index in [0.29, 0.717) is 37.1 Å². The number of nitrogens with one attached hydrogen (secondary N) is 3. The minimum Gasteiger partial charge on any atom is -0.444 e. The lowest BCUT2D eigenvalue weighted by atomic mass is 10.2. The Morgan fingerprint density at radius 1 is 1.07 bits per heavy atom. The maximum atomic E-state index is 12.1. The van der Waals surface area contributed by atoms with Crippen LogP contribution < -0.4 is 16.0 Å². The molecule has 1 rings (SSSR count). The van der Waals surface area contributed by atoms with Gasteiger partial charge in [-0.1, -0.05) is 30.3 Å². The number of guanidine groups is 1. The lowest BCUT2D eigenvalue weighted by Gasteiger charge is -2.19. The standard InChI is InChI=1S/C18H30N4O3S.HI/c1-18(2,3)25-17(23)22-11-10-20-16(19-4)21-12-13-26(24)14-15-8-6-5-7-9-15;/h5-9H,10-14H2,1-4H3,(H,22,23)(H2,19,20,21);1H. The van der Waals surface area contributed by atoms with E-state index in [4.69, 9.17) is 4.74 Å². The van der Waals surface area contributed by atoms with Crippen LogP contribution in [0.3, 0.4) is 0 Å². The molecule has 0 radical (unpaired) electrons. The van der Waals surface area contributed by atoms with Crippen molar-refractivity contribution in [3.8, 4) is 0 Å². The van der Waals surface area contributed by atoms with Crippen molar-refractivity contribution in [3.63, 3.8) is 0 Å². The van der Waals surface area contributed by atoms with Gasteiger partial charge in [0.25, 0.3) is 0 Å². The Balaban J connectivity index is 0.00000676. The third kappa shape index (κ3) is 13.5. The van der Waals surface area contributed by atoms with E-state index in [9.17, 15) is 9.00 Å². The molecule has 0 bridgehead atoms. The van der Waals surface area contributed by atoms with Gasteiger partial charge in [-0.3, -0.25) is 9.20 Å². The van der Waals surface area contributed by atoms with Gasteiger partial charge in [-0.25, -0.2) is 4.79 Å². The van der Waals surface area contributed by atoms with Crippen LogP contribution in [0.25, 0.3) is 0 Å². The first-order valence-corrected chi connectivity index (χ1v) is 10.1. The molecule has 0 saturated heterocycles. The van der Waals surface area contributed by atoms with E-state index in [1.54, 1.807) is 7.05 Å². The molecule has 27 heavy (non-hydrogen) atoms. The Morgan fingerprint density at radius 3 is 2.26 bits per heavy atom. The quantitative estimate of drug-likeness (QED) is 0.216. The fourth-order valence-electron chi connectivity index (χ4n) is 2.00. The summed E-state index contributed by atoms with van der Waals surface area (Å²) < 4.78 is 17.2. The van der Waals surface area contributed by atoms with Gasteiger partial charge in [0.2, 0.25) is 0 Å². The number of aliphatic imine (C=N–C) groups is 1. The Morgan fingerprint density at radius 2 is 1.67 bits per heavy atom. The molecule has 1 atom stereocenters. The maximum Gasteiger partial charge on any atom is 0.407 e. The highest BCUT2D eigenvalue weighted by atomic mass is 127. The van der Waals surface area contributed by atoms with E-state index in [0.717, 1.165) is 5.56 Å². The topological polar surface area (TPSA) is 91.8 Å². The van der Waals surface area contributed by atoms with E-state index in [2.05, 4.69) is 20.9 Å². The number of rotatable bonds is 8. The molecule has 0 heterocycles. The minimum absolute atomic E-state index is 0. The van der Waals surface area contributed by atoms with Gasteiger partial charge in [0, 0.05) is 49.0 Å². The molecule has 0 spiro atoms. The molecule has 0 aromatic heterocycles. The second kappa shape index (κ2) is 13.8. The number of ether oxygens (including phenoxy) is 1. The number of hydrogen-bond acceptors (Lipinski definition) is 4. The van der Waals surface area contributed by atoms with E-state index in [1.807, 2.05) is 51.1 Å². The van der Waals surface area contributed by atoms with Gasteiger partial charge in [0.1, 0.15) is 5.60 Å². The second-order valence-corrected chi connectivity index (χ2v) is 8.20. The molecule has 7 nitrogen and oxygen atoms in total. The van der Waals surface area contributed by atoms with Crippen LogP contribution in [0.5, 0.6) is 0 Å². The Bertz CT molecular complexity index is 606. The van der Waals surface area contributed by atoms with Gasteiger partial charge in [0.15, 0.2) is 5.96 Å². The summed E-state index contributed by atoms with van der Waals surface area (Å²) in [7, 11) is 0.733. The number of carbonyl (C=O) groups excluding carboxylic acids is 1. The molecule has 0 fully saturated rings. The molecule has 1 aromatic carbocycles. The van der Waals surface area contributed by atoms with Crippen molar-refractivity contribution >= 4 is 46.8 Å². The molecule has 0 aliphatic heterocycles. The molecule has 1 unspecified atom stereocenters. The van der Waals surface area contributed by atoms with E-state index in [1.165, 1.54) is 0 Å². The van der Waals surface area contributed by atoms with E-state index >= 15 is 0 Å². The zero-order chi connectivity index (χ0) is 19.4. The summed E-state index contributed by atoms with van der Waals surface area (Å²) in [5.41, 5.74) is 0.561. The van der Waals surface area contributed by atoms with Crippen molar-refractivity contribution in [3.05, 3.63) is 35.9 Å². The summed E-state index contributed by atoms with van der Waals surface area (Å²) in [4.78, 5) is 15.6. The number of amides is 1. The monoisotopic (exact) mass is 510 g/mol. The van der Waals surface area contributed by atoms with Crippen molar-refractivity contribution in [1.29, 1.82) is 0 Å². The summed E-state index contributed by atoms with van der Waals surface area (Å²) in [6.45, 7) is 6.93. The van der Waals surface area contributed by atoms with Crippen LogP contribution in [0.4, 0.5) is 4.79 Å². The lowest BCUT2D eigenvalue weighted by molar-refractivity contribution is 0.0529. The van der Waals surface area contributed by atoms with Gasteiger partial charge in [-0.05, 0) is 26.3 Å². The van der Waals surface area contributed by atoms with Gasteiger partial charge in [-0.15, -0.1) is 24.0 Å². The van der Waals surface area contributed by atoms with Crippen LogP contribution in [0.2, 0.25) is 0 Å². The summed E-state index contributed by atoms with van der Waals surface area (Å²) >= 11 is 0. The van der Waals surface area contributed by atoms with Crippen LogP contribution in [0.15, 0.2) is 35.3 Å². The minimum atomic E-state index is -0.932. The SMILES string of the molecule is CN=C(NCCNC(=O)OC(C)(C)C)NCCS(=O)Cc1ccccc1.I. The van der Waals surface area contributed by atoms with Gasteiger partial charge in [0.05, 0.1) is 0 Å². The molecule has 3 N–H and O–H groups in total. The maximum absolute atomic E-state index is 12.1. The van der Waals surface area contributed by atoms with Crippen molar-refractivity contribution in [2.24, 2.45) is 4.99 Å². The van der Waals surface area contributed by atoms with Gasteiger partial charge in [-0.2, -0.15) is 0 Å². The van der Waals surface area contributed by atoms with Crippen LogP contribution in [-0.2, 0) is 21.3 Å². The molecule has 0 aliphatic carbocycles. The van der Waals surface area contributed by atoms with Gasteiger partial charge < -0.3 is 20.7 Å². The van der Waals surface area contributed by atoms with Crippen molar-refractivity contribution in [2.45, 2.75) is 32.1 Å². The highest BCUT2D eigenvalue weighted by Crippen LogP contribution is 2.06. The predicted molar refractivity (Wildman–Crippen MR) is 122 cm³/mol. The summed E-state index contributed by atoms with van der Waals surface area (Å²) in [6.07, 6.45) is -0.446. The number of alkyl carbamates (subject to hydrolysis) is 1. The van der Waals surface area contributed by atoms with Crippen LogP contribution >= 0.6 is 24.0 Å². The third-order valence-corrected chi connectivity index (χ3v) is 4.42. The van der Waals surface area contributed by atoms with Crippen molar-refractivity contribution < 1.29 is 13.7 Å². The number of carbonyl (C=O) groups is 1. The summed E-state index contributed by atoms with van der Waals surface area (Å²) in [5, 5.41) is 8.86. The Labute approximate surface area is 181 Å². The lowest BCUT2D eigenvalue weighted by Crippen LogP contribution is -2.43. The first kappa shape index (κ1) is 25.6. The molecule has 0 saturated carbocycles. The highest BCUT2D eigenvalue weighted by Gasteiger charge is 2.15. The zero-order valence-corrected chi connectivity index (χ0v) is 19.6. The fraction of sp³-hybridized carbons (Fsp3) is 0.556. The largest absolute Gasteiger partial charge is 0.444 e. The molecular formula is C18H31IN4O3S. The smallest absolute Gasteiger partial charge is 0.407 e. The predicted octanol–water partition coefficient (Wildman–Crippen LogP) is 2.24. The van der Waals surface area contributed by atoms with Crippen molar-refractivity contribution in [2.75, 3.05) is 32.4 Å². The number of benzene rings is 1. The van der Waals surface area contributed by atoms with Gasteiger partial charge >= 0.3 is 6.09 Å². The first-order valence-electron chi connectivity index (χ1n) is 8.60. The summed E-state index contributed by atoms with van der Waals surface area (Å²) in [6, 6.07) is 9.79. The Hall–Kier alpha value is -1.36. The van der Waals surface area contributed by atoms with Crippen molar-refractivity contribution in [1.82, 2.24) is 16.0 Å². The molecule has 1 aromatic rings. The highest BCUT2D eigenvalue weighted by molar-refractivity contribution is 14.0. The van der Waals surface area contributed by atoms with Crippen LogP contribution in [0.1, 0.15) is 26.3 Å². The molecule has 9 heteroatoms. The van der Waals surface area contributed by atoms with E-state index in [-0.39, 0.29) is 24.0 Å². The molecular weight excluding hydrogens is 479 g/mol. The number of nitrogens with zero attached hydrogens (tertiary/aromatic N) is 1. The van der Waals surface area contributed by atoms with E-state index < -0.39 is 22.5 Å². The van der Waals surface area contributed by atoms with Crippen LogP contribution in [-0.4, -0.2) is 54.3 Å². The molecule has 154 valence electrons. The zero-order valence-electron chi connectivity index (χ0n) is 16.4. The fourth-order valence-corrected chi connectivity index (χ4v) is 3.03. The number of hydrogen-bond donors (Lipinski definition) is 3. The average molecular weight is 510 g/mol. The first-order chi connectivity index (χ1) is 12.3. The second-order valence-electron chi connectivity index (χ2n) is 6.63.